The van der Waals surface area contributed by atoms with Crippen LogP contribution in [0.2, 0.25) is 0 Å². The van der Waals surface area contributed by atoms with Gasteiger partial charge in [-0.05, 0) is 85.9 Å². The van der Waals surface area contributed by atoms with E-state index in [0.29, 0.717) is 0 Å². The Morgan fingerprint density at radius 2 is 1.19 bits per heavy atom. The molecule has 0 N–H and O–H groups in total. The smallest absolute Gasteiger partial charge is 0.0123 e. The third-order valence-corrected chi connectivity index (χ3v) is 7.98. The molecule has 0 amide bonds. The first kappa shape index (κ1) is 34.7. The maximum Gasteiger partial charge on any atom is 0.0123 e. The highest BCUT2D eigenvalue weighted by Gasteiger charge is 2.01. The Morgan fingerprint density at radius 3 is 1.67 bits per heavy atom. The van der Waals surface area contributed by atoms with Crippen molar-refractivity contribution in [3.05, 3.63) is 163 Å². The van der Waals surface area contributed by atoms with Crippen LogP contribution in [0.5, 0.6) is 0 Å². The predicted molar refractivity (Wildman–Crippen MR) is 191 cm³/mol. The summed E-state index contributed by atoms with van der Waals surface area (Å²) in [7, 11) is 0. The first-order chi connectivity index (χ1) is 20.7. The summed E-state index contributed by atoms with van der Waals surface area (Å²) in [6, 6.07) is 38.5. The molecule has 0 bridgehead atoms. The average molecular weight is 591 g/mol. The van der Waals surface area contributed by atoms with Gasteiger partial charge < -0.3 is 0 Å². The van der Waals surface area contributed by atoms with Crippen LogP contribution < -0.4 is 0 Å². The van der Waals surface area contributed by atoms with Crippen molar-refractivity contribution < 1.29 is 0 Å². The summed E-state index contributed by atoms with van der Waals surface area (Å²) in [5.41, 5.74) is 4.12. The van der Waals surface area contributed by atoms with Crippen molar-refractivity contribution in [3.63, 3.8) is 0 Å². The van der Waals surface area contributed by atoms with Crippen LogP contribution in [-0.4, -0.2) is 0 Å². The molecule has 1 aliphatic rings. The van der Waals surface area contributed by atoms with Gasteiger partial charge >= 0.3 is 0 Å². The number of rotatable bonds is 8. The van der Waals surface area contributed by atoms with Crippen LogP contribution in [0, 0.1) is 6.92 Å². The second-order valence-corrected chi connectivity index (χ2v) is 11.6. The van der Waals surface area contributed by atoms with E-state index in [4.69, 9.17) is 0 Å². The van der Waals surface area contributed by atoms with Gasteiger partial charge in [0.1, 0.15) is 0 Å². The molecule has 0 nitrogen and oxygen atoms in total. The molecule has 42 heavy (non-hydrogen) atoms. The van der Waals surface area contributed by atoms with Gasteiger partial charge in [-0.3, -0.25) is 0 Å². The van der Waals surface area contributed by atoms with Gasteiger partial charge in [0.05, 0.1) is 0 Å². The SMILES string of the molecule is C1=CCCC(c2ccccc2)=C1.C=C/C=C\CCC.CC.Cc1ccc(Sc2ccc(Sc3ccccc3)cc2)cc1. The number of hydrogen-bond acceptors (Lipinski definition) is 2. The summed E-state index contributed by atoms with van der Waals surface area (Å²) in [5, 5.41) is 0. The monoisotopic (exact) mass is 590 g/mol. The highest BCUT2D eigenvalue weighted by atomic mass is 32.2. The van der Waals surface area contributed by atoms with E-state index < -0.39 is 0 Å². The van der Waals surface area contributed by atoms with Crippen LogP contribution in [0.1, 0.15) is 57.6 Å². The molecule has 0 unspecified atom stereocenters. The lowest BCUT2D eigenvalue weighted by atomic mass is 9.98. The highest BCUT2D eigenvalue weighted by Crippen LogP contribution is 2.32. The Morgan fingerprint density at radius 1 is 0.690 bits per heavy atom. The van der Waals surface area contributed by atoms with E-state index in [-0.39, 0.29) is 0 Å². The molecule has 0 fully saturated rings. The fourth-order valence-corrected chi connectivity index (χ4v) is 5.45. The van der Waals surface area contributed by atoms with Gasteiger partial charge in [0.15, 0.2) is 0 Å². The molecule has 2 heteroatoms. The molecule has 1 aliphatic carbocycles. The standard InChI is InChI=1S/C19H16S2.C12H12.C7H12.C2H6/c1-15-7-9-17(10-8-15)21-19-13-11-18(12-14-19)20-16-5-3-2-4-6-16;1-3-7-11(8-4-1)12-9-5-2-6-10-12;1-3-5-7-6-4-2;1-2/h2-14H,1H3;1-5,7-9H,6,10H2;3,5,7H,1,4,6H2,2H3;1-2H3/b;;7-5-;. The molecule has 0 aromatic heterocycles. The Hall–Kier alpha value is -3.46. The summed E-state index contributed by atoms with van der Waals surface area (Å²) >= 11 is 3.60. The lowest BCUT2D eigenvalue weighted by molar-refractivity contribution is 0.959. The summed E-state index contributed by atoms with van der Waals surface area (Å²) in [6.45, 7) is 11.8. The molecule has 0 saturated heterocycles. The lowest BCUT2D eigenvalue weighted by Gasteiger charge is -2.08. The molecule has 0 aliphatic heterocycles. The van der Waals surface area contributed by atoms with Crippen molar-refractivity contribution in [2.45, 2.75) is 73.0 Å². The molecule has 4 aromatic rings. The second kappa shape index (κ2) is 22.2. The predicted octanol–water partition coefficient (Wildman–Crippen LogP) is 13.3. The fraction of sp³-hybridized carbons (Fsp3) is 0.200. The Balaban J connectivity index is 0.000000247. The molecule has 0 saturated carbocycles. The van der Waals surface area contributed by atoms with Crippen LogP contribution in [0.15, 0.2) is 172 Å². The van der Waals surface area contributed by atoms with Gasteiger partial charge in [-0.2, -0.15) is 0 Å². The number of unbranched alkanes of at least 4 members (excludes halogenated alkanes) is 1. The molecule has 4 aromatic carbocycles. The largest absolute Gasteiger partial charge is 0.0991 e. The zero-order valence-corrected chi connectivity index (χ0v) is 27.3. The van der Waals surface area contributed by atoms with E-state index in [1.54, 1.807) is 29.6 Å². The summed E-state index contributed by atoms with van der Waals surface area (Å²) in [4.78, 5) is 5.10. The topological polar surface area (TPSA) is 0 Å². The molecule has 0 atom stereocenters. The molecule has 218 valence electrons. The van der Waals surface area contributed by atoms with Gasteiger partial charge in [-0.25, -0.2) is 0 Å². The number of hydrogen-bond donors (Lipinski definition) is 0. The third kappa shape index (κ3) is 14.4. The molecular weight excluding hydrogens is 545 g/mol. The number of aryl methyl sites for hydroxylation is 1. The van der Waals surface area contributed by atoms with Crippen molar-refractivity contribution >= 4 is 29.1 Å². The minimum absolute atomic E-state index is 1.17. The average Bonchev–Trinajstić information content (AvgIpc) is 3.06. The molecule has 5 rings (SSSR count). The summed E-state index contributed by atoms with van der Waals surface area (Å²) in [5.74, 6) is 0. The van der Waals surface area contributed by atoms with Crippen LogP contribution in [0.3, 0.4) is 0 Å². The second-order valence-electron chi connectivity index (χ2n) is 9.28. The quantitative estimate of drug-likeness (QED) is 0.187. The normalized spacial score (nSPS) is 11.6. The van der Waals surface area contributed by atoms with E-state index in [0.717, 1.165) is 0 Å². The van der Waals surface area contributed by atoms with Crippen molar-refractivity contribution in [2.24, 2.45) is 0 Å². The van der Waals surface area contributed by atoms with E-state index in [1.165, 1.54) is 62.0 Å². The molecule has 0 radical (unpaired) electrons. The summed E-state index contributed by atoms with van der Waals surface area (Å²) in [6.07, 6.45) is 17.2. The third-order valence-electron chi connectivity index (χ3n) is 5.95. The Kier molecular flexibility index (Phi) is 18.3. The minimum atomic E-state index is 1.17. The Labute approximate surface area is 264 Å². The maximum atomic E-state index is 3.55. The zero-order valence-electron chi connectivity index (χ0n) is 25.7. The van der Waals surface area contributed by atoms with Gasteiger partial charge in [0.25, 0.3) is 0 Å². The van der Waals surface area contributed by atoms with Crippen molar-refractivity contribution in [2.75, 3.05) is 0 Å². The van der Waals surface area contributed by atoms with Crippen molar-refractivity contribution in [1.29, 1.82) is 0 Å². The van der Waals surface area contributed by atoms with Crippen LogP contribution >= 0.6 is 23.5 Å². The number of allylic oxidation sites excluding steroid dienone is 7. The molecule has 0 spiro atoms. The van der Waals surface area contributed by atoms with E-state index >= 15 is 0 Å². The van der Waals surface area contributed by atoms with Crippen LogP contribution in [0.4, 0.5) is 0 Å². The van der Waals surface area contributed by atoms with Gasteiger partial charge in [-0.1, -0.05) is 160 Å². The van der Waals surface area contributed by atoms with Crippen LogP contribution in [0.25, 0.3) is 5.57 Å². The highest BCUT2D eigenvalue weighted by molar-refractivity contribution is 7.99. The first-order valence-electron chi connectivity index (χ1n) is 14.9. The Bertz CT molecular complexity index is 1330. The van der Waals surface area contributed by atoms with Gasteiger partial charge in [0.2, 0.25) is 0 Å². The van der Waals surface area contributed by atoms with Crippen molar-refractivity contribution in [1.82, 2.24) is 0 Å². The maximum absolute atomic E-state index is 3.55. The molecule has 0 heterocycles. The lowest BCUT2D eigenvalue weighted by Crippen LogP contribution is -1.86. The van der Waals surface area contributed by atoms with E-state index in [1.807, 2.05) is 26.0 Å². The fourth-order valence-electron chi connectivity index (χ4n) is 3.80. The first-order valence-corrected chi connectivity index (χ1v) is 16.6. The minimum Gasteiger partial charge on any atom is -0.0991 e. The van der Waals surface area contributed by atoms with Crippen molar-refractivity contribution in [3.8, 4) is 0 Å². The van der Waals surface area contributed by atoms with Gasteiger partial charge in [-0.15, -0.1) is 0 Å². The summed E-state index contributed by atoms with van der Waals surface area (Å²) < 4.78 is 0. The van der Waals surface area contributed by atoms with E-state index in [2.05, 4.69) is 148 Å². The van der Waals surface area contributed by atoms with Gasteiger partial charge in [0, 0.05) is 19.6 Å². The zero-order chi connectivity index (χ0) is 30.3. The van der Waals surface area contributed by atoms with E-state index in [9.17, 15) is 0 Å². The van der Waals surface area contributed by atoms with Crippen LogP contribution in [-0.2, 0) is 0 Å². The number of benzene rings is 4. The molecular formula is C40H46S2.